The Kier molecular flexibility index (Phi) is 4.32. The molecule has 2 N–H and O–H groups in total. The van der Waals surface area contributed by atoms with Crippen molar-refractivity contribution in [1.82, 2.24) is 5.32 Å². The topological polar surface area (TPSA) is 78.5 Å². The number of hydrogen-bond acceptors (Lipinski definition) is 3. The maximum Gasteiger partial charge on any atom is 0.329 e. The summed E-state index contributed by atoms with van der Waals surface area (Å²) in [6.45, 7) is 1.64. The van der Waals surface area contributed by atoms with Crippen LogP contribution in [0.5, 0.6) is 0 Å². The SMILES string of the molecule is CC1NC(=O)N(c2ccccc2NC(=O)CC2CCCC2)C1=O. The molecule has 1 saturated carbocycles. The van der Waals surface area contributed by atoms with Gasteiger partial charge in [-0.05, 0) is 37.8 Å². The summed E-state index contributed by atoms with van der Waals surface area (Å²) in [7, 11) is 0. The standard InChI is InChI=1S/C17H21N3O3/c1-11-16(22)20(17(23)18-11)14-9-5-4-8-13(14)19-15(21)10-12-6-2-3-7-12/h4-5,8-9,11-12H,2-3,6-7,10H2,1H3,(H,18,23)(H,19,21). The first-order valence-corrected chi connectivity index (χ1v) is 8.09. The highest BCUT2D eigenvalue weighted by Gasteiger charge is 2.37. The number of nitrogens with zero attached hydrogens (tertiary/aromatic N) is 1. The number of imide groups is 1. The molecule has 1 aliphatic heterocycles. The van der Waals surface area contributed by atoms with Crippen molar-refractivity contribution in [3.05, 3.63) is 24.3 Å². The molecule has 1 atom stereocenters. The third kappa shape index (κ3) is 3.21. The number of carbonyl (C=O) groups excluding carboxylic acids is 3. The molecule has 4 amide bonds. The maximum absolute atomic E-state index is 12.2. The van der Waals surface area contributed by atoms with E-state index in [4.69, 9.17) is 0 Å². The van der Waals surface area contributed by atoms with Crippen LogP contribution in [0.25, 0.3) is 0 Å². The number of urea groups is 1. The first kappa shape index (κ1) is 15.5. The second-order valence-electron chi connectivity index (χ2n) is 6.26. The molecule has 6 heteroatoms. The monoisotopic (exact) mass is 315 g/mol. The normalized spacial score (nSPS) is 21.6. The van der Waals surface area contributed by atoms with E-state index < -0.39 is 12.1 Å². The van der Waals surface area contributed by atoms with Crippen molar-refractivity contribution in [1.29, 1.82) is 0 Å². The molecule has 1 saturated heterocycles. The number of para-hydroxylation sites is 2. The van der Waals surface area contributed by atoms with Crippen LogP contribution in [0.2, 0.25) is 0 Å². The Labute approximate surface area is 135 Å². The first-order chi connectivity index (χ1) is 11.1. The molecule has 1 aromatic rings. The zero-order valence-corrected chi connectivity index (χ0v) is 13.2. The summed E-state index contributed by atoms with van der Waals surface area (Å²) in [6, 6.07) is 5.89. The largest absolute Gasteiger partial charge is 0.329 e. The lowest BCUT2D eigenvalue weighted by atomic mass is 10.0. The van der Waals surface area contributed by atoms with Gasteiger partial charge in [-0.15, -0.1) is 0 Å². The molecule has 23 heavy (non-hydrogen) atoms. The molecule has 0 radical (unpaired) electrons. The molecule has 1 aliphatic carbocycles. The van der Waals surface area contributed by atoms with E-state index in [2.05, 4.69) is 10.6 Å². The summed E-state index contributed by atoms with van der Waals surface area (Å²) in [4.78, 5) is 37.5. The Morgan fingerprint density at radius 1 is 1.26 bits per heavy atom. The zero-order chi connectivity index (χ0) is 16.4. The van der Waals surface area contributed by atoms with Crippen LogP contribution in [-0.4, -0.2) is 23.9 Å². The van der Waals surface area contributed by atoms with Crippen LogP contribution in [0.3, 0.4) is 0 Å². The molecule has 1 heterocycles. The molecule has 122 valence electrons. The van der Waals surface area contributed by atoms with Crippen LogP contribution < -0.4 is 15.5 Å². The molecular formula is C17H21N3O3. The Hall–Kier alpha value is -2.37. The van der Waals surface area contributed by atoms with Crippen LogP contribution in [0, 0.1) is 5.92 Å². The first-order valence-electron chi connectivity index (χ1n) is 8.09. The fraction of sp³-hybridized carbons (Fsp3) is 0.471. The third-order valence-electron chi connectivity index (χ3n) is 4.50. The molecular weight excluding hydrogens is 294 g/mol. The van der Waals surface area contributed by atoms with Gasteiger partial charge in [-0.3, -0.25) is 9.59 Å². The molecule has 3 rings (SSSR count). The average Bonchev–Trinajstić information content (AvgIpc) is 3.09. The van der Waals surface area contributed by atoms with Gasteiger partial charge >= 0.3 is 6.03 Å². The molecule has 6 nitrogen and oxygen atoms in total. The Balaban J connectivity index is 1.76. The maximum atomic E-state index is 12.2. The van der Waals surface area contributed by atoms with E-state index in [0.29, 0.717) is 23.7 Å². The van der Waals surface area contributed by atoms with Gasteiger partial charge in [-0.1, -0.05) is 25.0 Å². The van der Waals surface area contributed by atoms with Gasteiger partial charge in [0.25, 0.3) is 5.91 Å². The molecule has 0 bridgehead atoms. The van der Waals surface area contributed by atoms with E-state index >= 15 is 0 Å². The predicted octanol–water partition coefficient (Wildman–Crippen LogP) is 2.65. The summed E-state index contributed by atoms with van der Waals surface area (Å²) in [5.41, 5.74) is 0.909. The van der Waals surface area contributed by atoms with E-state index in [1.807, 2.05) is 0 Å². The quantitative estimate of drug-likeness (QED) is 0.838. The summed E-state index contributed by atoms with van der Waals surface area (Å²) in [5.74, 6) is 0.0656. The van der Waals surface area contributed by atoms with Crippen molar-refractivity contribution in [3.63, 3.8) is 0 Å². The molecule has 0 aromatic heterocycles. The van der Waals surface area contributed by atoms with E-state index in [0.717, 1.165) is 17.7 Å². The number of benzene rings is 1. The molecule has 2 aliphatic rings. The van der Waals surface area contributed by atoms with E-state index in [1.54, 1.807) is 31.2 Å². The van der Waals surface area contributed by atoms with Gasteiger partial charge in [0.05, 0.1) is 11.4 Å². The predicted molar refractivity (Wildman–Crippen MR) is 87.1 cm³/mol. The summed E-state index contributed by atoms with van der Waals surface area (Å²) in [5, 5.41) is 5.44. The number of carbonyl (C=O) groups is 3. The van der Waals surface area contributed by atoms with Crippen LogP contribution in [0.15, 0.2) is 24.3 Å². The highest BCUT2D eigenvalue weighted by molar-refractivity contribution is 6.23. The number of hydrogen-bond donors (Lipinski definition) is 2. The lowest BCUT2D eigenvalue weighted by molar-refractivity contribution is -0.118. The second-order valence-corrected chi connectivity index (χ2v) is 6.26. The van der Waals surface area contributed by atoms with E-state index in [1.165, 1.54) is 12.8 Å². The lowest BCUT2D eigenvalue weighted by Gasteiger charge is -2.18. The number of anilines is 2. The summed E-state index contributed by atoms with van der Waals surface area (Å²) < 4.78 is 0. The van der Waals surface area contributed by atoms with Crippen molar-refractivity contribution in [3.8, 4) is 0 Å². The molecule has 1 aromatic carbocycles. The molecule has 0 spiro atoms. The van der Waals surface area contributed by atoms with Crippen molar-refractivity contribution in [2.75, 3.05) is 10.2 Å². The van der Waals surface area contributed by atoms with Gasteiger partial charge in [0.2, 0.25) is 5.91 Å². The lowest BCUT2D eigenvalue weighted by Crippen LogP contribution is -2.32. The van der Waals surface area contributed by atoms with Crippen molar-refractivity contribution < 1.29 is 14.4 Å². The minimum Gasteiger partial charge on any atom is -0.326 e. The fourth-order valence-corrected chi connectivity index (χ4v) is 3.29. The average molecular weight is 315 g/mol. The zero-order valence-electron chi connectivity index (χ0n) is 13.2. The Morgan fingerprint density at radius 3 is 2.61 bits per heavy atom. The number of nitrogens with one attached hydrogen (secondary N) is 2. The van der Waals surface area contributed by atoms with Gasteiger partial charge in [0.15, 0.2) is 0 Å². The van der Waals surface area contributed by atoms with Crippen molar-refractivity contribution in [2.45, 2.75) is 45.1 Å². The highest BCUT2D eigenvalue weighted by atomic mass is 16.2. The van der Waals surface area contributed by atoms with Crippen molar-refractivity contribution >= 4 is 29.2 Å². The van der Waals surface area contributed by atoms with Gasteiger partial charge < -0.3 is 10.6 Å². The number of rotatable bonds is 4. The van der Waals surface area contributed by atoms with Gasteiger partial charge in [0, 0.05) is 6.42 Å². The molecule has 1 unspecified atom stereocenters. The Morgan fingerprint density at radius 2 is 1.96 bits per heavy atom. The minimum atomic E-state index is -0.551. The van der Waals surface area contributed by atoms with Crippen LogP contribution >= 0.6 is 0 Å². The van der Waals surface area contributed by atoms with Crippen molar-refractivity contribution in [2.24, 2.45) is 5.92 Å². The van der Waals surface area contributed by atoms with Gasteiger partial charge in [0.1, 0.15) is 6.04 Å². The van der Waals surface area contributed by atoms with E-state index in [9.17, 15) is 14.4 Å². The van der Waals surface area contributed by atoms with Crippen LogP contribution in [-0.2, 0) is 9.59 Å². The fourth-order valence-electron chi connectivity index (χ4n) is 3.29. The second kappa shape index (κ2) is 6.40. The van der Waals surface area contributed by atoms with E-state index in [-0.39, 0.29) is 11.8 Å². The number of amides is 4. The summed E-state index contributed by atoms with van der Waals surface area (Å²) >= 11 is 0. The van der Waals surface area contributed by atoms with Crippen LogP contribution in [0.1, 0.15) is 39.0 Å². The highest BCUT2D eigenvalue weighted by Crippen LogP contribution is 2.31. The van der Waals surface area contributed by atoms with Gasteiger partial charge in [-0.2, -0.15) is 0 Å². The molecule has 2 fully saturated rings. The van der Waals surface area contributed by atoms with Crippen LogP contribution in [0.4, 0.5) is 16.2 Å². The third-order valence-corrected chi connectivity index (χ3v) is 4.50. The van der Waals surface area contributed by atoms with Gasteiger partial charge in [-0.25, -0.2) is 9.69 Å². The minimum absolute atomic E-state index is 0.0653. The summed E-state index contributed by atoms with van der Waals surface area (Å²) in [6.07, 6.45) is 5.06. The smallest absolute Gasteiger partial charge is 0.326 e. The Bertz CT molecular complexity index is 638.